The predicted molar refractivity (Wildman–Crippen MR) is 46.8 cm³/mol. The molecule has 0 spiro atoms. The van der Waals surface area contributed by atoms with Crippen molar-refractivity contribution in [1.29, 1.82) is 0 Å². The lowest BCUT2D eigenvalue weighted by Gasteiger charge is -2.09. The van der Waals surface area contributed by atoms with Gasteiger partial charge in [-0.3, -0.25) is 0 Å². The van der Waals surface area contributed by atoms with Gasteiger partial charge in [0.25, 0.3) is 0 Å². The monoisotopic (exact) mass is 220 g/mol. The van der Waals surface area contributed by atoms with Crippen LogP contribution in [0, 0.1) is 6.92 Å². The SMILES string of the molecule is [CH2]c1ccc(OCC(F)(F)F)nc1OC. The van der Waals surface area contributed by atoms with E-state index in [9.17, 15) is 13.2 Å². The normalized spacial score (nSPS) is 11.3. The second-order valence-electron chi connectivity index (χ2n) is 2.72. The Kier molecular flexibility index (Phi) is 3.39. The van der Waals surface area contributed by atoms with Crippen molar-refractivity contribution in [3.05, 3.63) is 24.6 Å². The van der Waals surface area contributed by atoms with E-state index in [1.165, 1.54) is 19.2 Å². The van der Waals surface area contributed by atoms with Crippen LogP contribution in [0.2, 0.25) is 0 Å². The number of nitrogens with zero attached hydrogens (tertiary/aromatic N) is 1. The fourth-order valence-electron chi connectivity index (χ4n) is 0.865. The van der Waals surface area contributed by atoms with E-state index >= 15 is 0 Å². The summed E-state index contributed by atoms with van der Waals surface area (Å²) in [6, 6.07) is 2.77. The second-order valence-corrected chi connectivity index (χ2v) is 2.72. The van der Waals surface area contributed by atoms with Crippen LogP contribution in [0.15, 0.2) is 12.1 Å². The van der Waals surface area contributed by atoms with Crippen LogP contribution in [-0.4, -0.2) is 24.9 Å². The van der Waals surface area contributed by atoms with Gasteiger partial charge in [-0.05, 0) is 13.0 Å². The van der Waals surface area contributed by atoms with Gasteiger partial charge in [0.05, 0.1) is 7.11 Å². The summed E-state index contributed by atoms with van der Waals surface area (Å²) in [5.41, 5.74) is 0.483. The molecule has 0 aliphatic rings. The van der Waals surface area contributed by atoms with Gasteiger partial charge in [-0.25, -0.2) is 0 Å². The van der Waals surface area contributed by atoms with Crippen LogP contribution in [0.3, 0.4) is 0 Å². The van der Waals surface area contributed by atoms with Crippen LogP contribution in [0.1, 0.15) is 5.56 Å². The standard InChI is InChI=1S/C9H9F3NO2/c1-6-3-4-7(13-8(6)14-2)15-5-9(10,11)12/h3-4H,1,5H2,2H3. The number of halogens is 3. The Balaban J connectivity index is 2.70. The van der Waals surface area contributed by atoms with Crippen LogP contribution in [0.25, 0.3) is 0 Å². The zero-order valence-corrected chi connectivity index (χ0v) is 7.97. The largest absolute Gasteiger partial charge is 0.481 e. The fraction of sp³-hybridized carbons (Fsp3) is 0.333. The molecule has 83 valence electrons. The molecule has 1 aromatic rings. The Morgan fingerprint density at radius 1 is 1.40 bits per heavy atom. The topological polar surface area (TPSA) is 31.4 Å². The Bertz CT molecular complexity index is 339. The molecule has 0 bridgehead atoms. The fourth-order valence-corrected chi connectivity index (χ4v) is 0.865. The lowest BCUT2D eigenvalue weighted by atomic mass is 10.3. The molecule has 0 atom stereocenters. The van der Waals surface area contributed by atoms with E-state index in [2.05, 4.69) is 16.6 Å². The van der Waals surface area contributed by atoms with Gasteiger partial charge in [0, 0.05) is 11.6 Å². The highest BCUT2D eigenvalue weighted by Crippen LogP contribution is 2.21. The van der Waals surface area contributed by atoms with Gasteiger partial charge in [0.1, 0.15) is 0 Å². The Morgan fingerprint density at radius 3 is 2.60 bits per heavy atom. The molecule has 0 aliphatic carbocycles. The quantitative estimate of drug-likeness (QED) is 0.782. The molecular formula is C9H9F3NO2. The molecule has 1 heterocycles. The third kappa shape index (κ3) is 3.65. The second kappa shape index (κ2) is 4.37. The Morgan fingerprint density at radius 2 is 2.07 bits per heavy atom. The van der Waals surface area contributed by atoms with Gasteiger partial charge >= 0.3 is 6.18 Å². The van der Waals surface area contributed by atoms with E-state index in [1.54, 1.807) is 0 Å². The van der Waals surface area contributed by atoms with Crippen LogP contribution in [-0.2, 0) is 0 Å². The first-order valence-electron chi connectivity index (χ1n) is 3.99. The van der Waals surface area contributed by atoms with Crippen LogP contribution >= 0.6 is 0 Å². The molecule has 0 saturated heterocycles. The van der Waals surface area contributed by atoms with E-state index < -0.39 is 12.8 Å². The third-order valence-electron chi connectivity index (χ3n) is 1.49. The van der Waals surface area contributed by atoms with Crippen molar-refractivity contribution in [3.63, 3.8) is 0 Å². The number of hydrogen-bond acceptors (Lipinski definition) is 3. The van der Waals surface area contributed by atoms with Crippen molar-refractivity contribution < 1.29 is 22.6 Å². The molecule has 0 aromatic carbocycles. The maximum absolute atomic E-state index is 11.8. The van der Waals surface area contributed by atoms with Crippen molar-refractivity contribution in [2.45, 2.75) is 6.18 Å². The van der Waals surface area contributed by atoms with Gasteiger partial charge in [-0.2, -0.15) is 18.2 Å². The summed E-state index contributed by atoms with van der Waals surface area (Å²) in [5.74, 6) is 0.00579. The summed E-state index contributed by atoms with van der Waals surface area (Å²) in [7, 11) is 1.35. The van der Waals surface area contributed by atoms with E-state index in [4.69, 9.17) is 4.74 Å². The zero-order valence-electron chi connectivity index (χ0n) is 7.97. The first kappa shape index (κ1) is 11.6. The van der Waals surface area contributed by atoms with Crippen molar-refractivity contribution in [3.8, 4) is 11.8 Å². The first-order valence-corrected chi connectivity index (χ1v) is 3.99. The van der Waals surface area contributed by atoms with Gasteiger partial charge in [0.2, 0.25) is 11.8 Å². The molecule has 0 saturated carbocycles. The minimum atomic E-state index is -4.38. The molecule has 6 heteroatoms. The summed E-state index contributed by atoms with van der Waals surface area (Å²) in [5, 5.41) is 0. The zero-order chi connectivity index (χ0) is 11.5. The van der Waals surface area contributed by atoms with E-state index in [0.29, 0.717) is 5.56 Å². The highest BCUT2D eigenvalue weighted by Gasteiger charge is 2.28. The molecule has 15 heavy (non-hydrogen) atoms. The molecule has 1 aromatic heterocycles. The maximum atomic E-state index is 11.8. The molecule has 0 N–H and O–H groups in total. The van der Waals surface area contributed by atoms with E-state index in [-0.39, 0.29) is 11.8 Å². The number of ether oxygens (including phenoxy) is 2. The molecule has 0 unspecified atom stereocenters. The highest BCUT2D eigenvalue weighted by atomic mass is 19.4. The number of rotatable bonds is 3. The molecule has 0 fully saturated rings. The highest BCUT2D eigenvalue weighted by molar-refractivity contribution is 5.32. The van der Waals surface area contributed by atoms with Crippen molar-refractivity contribution in [2.75, 3.05) is 13.7 Å². The van der Waals surface area contributed by atoms with Gasteiger partial charge in [0.15, 0.2) is 6.61 Å². The number of pyridine rings is 1. The Hall–Kier alpha value is -1.46. The van der Waals surface area contributed by atoms with Crippen LogP contribution < -0.4 is 9.47 Å². The minimum Gasteiger partial charge on any atom is -0.481 e. The molecule has 3 nitrogen and oxygen atoms in total. The first-order chi connectivity index (χ1) is 6.92. The summed E-state index contributed by atoms with van der Waals surface area (Å²) in [4.78, 5) is 3.69. The van der Waals surface area contributed by atoms with Crippen molar-refractivity contribution in [1.82, 2.24) is 4.98 Å². The summed E-state index contributed by atoms with van der Waals surface area (Å²) in [6.07, 6.45) is -4.38. The van der Waals surface area contributed by atoms with Gasteiger partial charge in [-0.15, -0.1) is 0 Å². The van der Waals surface area contributed by atoms with Crippen molar-refractivity contribution in [2.24, 2.45) is 0 Å². The smallest absolute Gasteiger partial charge is 0.422 e. The lowest BCUT2D eigenvalue weighted by Crippen LogP contribution is -2.19. The molecule has 1 rings (SSSR count). The average molecular weight is 220 g/mol. The summed E-state index contributed by atoms with van der Waals surface area (Å²) < 4.78 is 44.6. The van der Waals surface area contributed by atoms with Crippen LogP contribution in [0.4, 0.5) is 13.2 Å². The number of aromatic nitrogens is 1. The van der Waals surface area contributed by atoms with Gasteiger partial charge < -0.3 is 9.47 Å². The summed E-state index contributed by atoms with van der Waals surface area (Å²) >= 11 is 0. The predicted octanol–water partition coefficient (Wildman–Crippen LogP) is 2.21. The number of methoxy groups -OCH3 is 1. The third-order valence-corrected chi connectivity index (χ3v) is 1.49. The molecule has 0 aliphatic heterocycles. The van der Waals surface area contributed by atoms with Crippen LogP contribution in [0.5, 0.6) is 11.8 Å². The van der Waals surface area contributed by atoms with E-state index in [1.807, 2.05) is 0 Å². The lowest BCUT2D eigenvalue weighted by molar-refractivity contribution is -0.154. The minimum absolute atomic E-state index is 0.142. The van der Waals surface area contributed by atoms with Crippen molar-refractivity contribution >= 4 is 0 Å². The van der Waals surface area contributed by atoms with E-state index in [0.717, 1.165) is 0 Å². The molecule has 0 amide bonds. The Labute approximate surface area is 84.8 Å². The maximum Gasteiger partial charge on any atom is 0.422 e. The van der Waals surface area contributed by atoms with Gasteiger partial charge in [-0.1, -0.05) is 0 Å². The number of alkyl halides is 3. The molecule has 1 radical (unpaired) electrons. The summed E-state index contributed by atoms with van der Waals surface area (Å²) in [6.45, 7) is 2.20. The average Bonchev–Trinajstić information content (AvgIpc) is 2.15. The number of hydrogen-bond donors (Lipinski definition) is 0. The molecular weight excluding hydrogens is 211 g/mol.